The van der Waals surface area contributed by atoms with Crippen LogP contribution in [0, 0.1) is 17.1 Å². The molecule has 0 saturated carbocycles. The summed E-state index contributed by atoms with van der Waals surface area (Å²) in [6, 6.07) is 6.61. The van der Waals surface area contributed by atoms with Gasteiger partial charge in [-0.05, 0) is 38.2 Å². The van der Waals surface area contributed by atoms with E-state index in [1.807, 2.05) is 7.05 Å². The van der Waals surface area contributed by atoms with Crippen LogP contribution in [0.1, 0.15) is 18.4 Å². The zero-order valence-electron chi connectivity index (χ0n) is 10.2. The predicted octanol–water partition coefficient (Wildman–Crippen LogP) is 2.57. The second-order valence-electron chi connectivity index (χ2n) is 3.96. The van der Waals surface area contributed by atoms with Crippen molar-refractivity contribution in [2.45, 2.75) is 19.4 Å². The van der Waals surface area contributed by atoms with Crippen molar-refractivity contribution in [3.8, 4) is 11.8 Å². The molecule has 1 rings (SSSR count). The maximum atomic E-state index is 13.1. The molecule has 1 aromatic rings. The number of unbranched alkanes of at least 4 members (excludes halogenated alkanes) is 1. The van der Waals surface area contributed by atoms with Gasteiger partial charge in [-0.25, -0.2) is 4.39 Å². The molecule has 92 valence electrons. The van der Waals surface area contributed by atoms with E-state index in [4.69, 9.17) is 10.00 Å². The first-order valence-corrected chi connectivity index (χ1v) is 5.55. The number of methoxy groups -OCH3 is 1. The Kier molecular flexibility index (Phi) is 5.44. The molecule has 0 fully saturated rings. The number of hydrogen-bond donors (Lipinski definition) is 0. The van der Waals surface area contributed by atoms with Crippen molar-refractivity contribution in [1.29, 1.82) is 5.26 Å². The van der Waals surface area contributed by atoms with Gasteiger partial charge in [0.05, 0.1) is 13.2 Å². The van der Waals surface area contributed by atoms with Gasteiger partial charge in [0.2, 0.25) is 0 Å². The Morgan fingerprint density at radius 2 is 2.24 bits per heavy atom. The quantitative estimate of drug-likeness (QED) is 0.712. The van der Waals surface area contributed by atoms with Gasteiger partial charge in [-0.15, -0.1) is 0 Å². The van der Waals surface area contributed by atoms with Crippen molar-refractivity contribution in [3.05, 3.63) is 29.6 Å². The second-order valence-corrected chi connectivity index (χ2v) is 3.96. The molecule has 0 unspecified atom stereocenters. The van der Waals surface area contributed by atoms with E-state index < -0.39 is 0 Å². The maximum Gasteiger partial charge on any atom is 0.123 e. The minimum Gasteiger partial charge on any atom is -0.496 e. The largest absolute Gasteiger partial charge is 0.496 e. The highest BCUT2D eigenvalue weighted by molar-refractivity contribution is 5.33. The first-order valence-electron chi connectivity index (χ1n) is 5.55. The molecule has 0 N–H and O–H groups in total. The highest BCUT2D eigenvalue weighted by atomic mass is 19.1. The SMILES string of the molecule is COc1ccc(F)cc1CN(C)CCCC#N. The van der Waals surface area contributed by atoms with Gasteiger partial charge in [0.1, 0.15) is 11.6 Å². The van der Waals surface area contributed by atoms with E-state index in [-0.39, 0.29) is 5.82 Å². The summed E-state index contributed by atoms with van der Waals surface area (Å²) < 4.78 is 18.3. The third-order valence-electron chi connectivity index (χ3n) is 2.51. The van der Waals surface area contributed by atoms with Crippen LogP contribution in [0.4, 0.5) is 4.39 Å². The highest BCUT2D eigenvalue weighted by Gasteiger charge is 2.07. The van der Waals surface area contributed by atoms with Crippen LogP contribution < -0.4 is 4.74 Å². The molecule has 0 radical (unpaired) electrons. The third kappa shape index (κ3) is 4.41. The summed E-state index contributed by atoms with van der Waals surface area (Å²) in [6.07, 6.45) is 1.37. The first kappa shape index (κ1) is 13.5. The van der Waals surface area contributed by atoms with E-state index in [9.17, 15) is 4.39 Å². The molecule has 0 aliphatic heterocycles. The van der Waals surface area contributed by atoms with Gasteiger partial charge in [0.15, 0.2) is 0 Å². The molecule has 4 heteroatoms. The molecule has 0 saturated heterocycles. The van der Waals surface area contributed by atoms with Crippen LogP contribution in [-0.2, 0) is 6.54 Å². The summed E-state index contributed by atoms with van der Waals surface area (Å²) in [5.41, 5.74) is 0.826. The lowest BCUT2D eigenvalue weighted by Gasteiger charge is -2.17. The van der Waals surface area contributed by atoms with Crippen LogP contribution in [0.3, 0.4) is 0 Å². The lowest BCUT2D eigenvalue weighted by molar-refractivity contribution is 0.314. The Morgan fingerprint density at radius 1 is 1.47 bits per heavy atom. The zero-order chi connectivity index (χ0) is 12.7. The third-order valence-corrected chi connectivity index (χ3v) is 2.51. The van der Waals surface area contributed by atoms with Crippen molar-refractivity contribution in [1.82, 2.24) is 4.90 Å². The minimum absolute atomic E-state index is 0.258. The molecule has 0 heterocycles. The lowest BCUT2D eigenvalue weighted by atomic mass is 10.2. The molecule has 0 spiro atoms. The van der Waals surface area contributed by atoms with Gasteiger partial charge in [-0.1, -0.05) is 0 Å². The monoisotopic (exact) mass is 236 g/mol. The maximum absolute atomic E-state index is 13.1. The fraction of sp³-hybridized carbons (Fsp3) is 0.462. The number of rotatable bonds is 6. The van der Waals surface area contributed by atoms with Crippen LogP contribution in [0.2, 0.25) is 0 Å². The van der Waals surface area contributed by atoms with Crippen molar-refractivity contribution in [2.75, 3.05) is 20.7 Å². The topological polar surface area (TPSA) is 36.3 Å². The Labute approximate surface area is 101 Å². The van der Waals surface area contributed by atoms with Gasteiger partial charge in [-0.2, -0.15) is 5.26 Å². The van der Waals surface area contributed by atoms with Crippen LogP contribution in [0.25, 0.3) is 0 Å². The summed E-state index contributed by atoms with van der Waals surface area (Å²) in [6.45, 7) is 1.43. The van der Waals surface area contributed by atoms with E-state index in [0.717, 1.165) is 18.5 Å². The van der Waals surface area contributed by atoms with Crippen molar-refractivity contribution >= 4 is 0 Å². The fourth-order valence-corrected chi connectivity index (χ4v) is 1.67. The minimum atomic E-state index is -0.258. The molecule has 17 heavy (non-hydrogen) atoms. The Hall–Kier alpha value is -1.60. The van der Waals surface area contributed by atoms with E-state index in [1.54, 1.807) is 13.2 Å². The van der Waals surface area contributed by atoms with E-state index in [0.29, 0.717) is 18.7 Å². The van der Waals surface area contributed by atoms with Crippen LogP contribution >= 0.6 is 0 Å². The first-order chi connectivity index (χ1) is 8.17. The lowest BCUT2D eigenvalue weighted by Crippen LogP contribution is -2.19. The summed E-state index contributed by atoms with van der Waals surface area (Å²) >= 11 is 0. The smallest absolute Gasteiger partial charge is 0.123 e. The Balaban J connectivity index is 2.60. The molecular formula is C13H17FN2O. The number of ether oxygens (including phenoxy) is 1. The average molecular weight is 236 g/mol. The molecule has 1 aromatic carbocycles. The molecule has 0 aliphatic carbocycles. The zero-order valence-corrected chi connectivity index (χ0v) is 10.2. The Morgan fingerprint density at radius 3 is 2.88 bits per heavy atom. The highest BCUT2D eigenvalue weighted by Crippen LogP contribution is 2.20. The predicted molar refractivity (Wildman–Crippen MR) is 64.1 cm³/mol. The second kappa shape index (κ2) is 6.87. The summed E-state index contributed by atoms with van der Waals surface area (Å²) in [5.74, 6) is 0.435. The standard InChI is InChI=1S/C13H17FN2O/c1-16(8-4-3-7-15)10-11-9-12(14)5-6-13(11)17-2/h5-6,9H,3-4,8,10H2,1-2H3. The average Bonchev–Trinajstić information content (AvgIpc) is 2.29. The summed E-state index contributed by atoms with van der Waals surface area (Å²) in [4.78, 5) is 2.05. The van der Waals surface area contributed by atoms with E-state index >= 15 is 0 Å². The van der Waals surface area contributed by atoms with Gasteiger partial charge < -0.3 is 9.64 Å². The van der Waals surface area contributed by atoms with Gasteiger partial charge in [-0.3, -0.25) is 0 Å². The van der Waals surface area contributed by atoms with E-state index in [1.165, 1.54) is 12.1 Å². The van der Waals surface area contributed by atoms with Crippen molar-refractivity contribution < 1.29 is 9.13 Å². The molecular weight excluding hydrogens is 219 g/mol. The number of nitriles is 1. The molecule has 0 aliphatic rings. The van der Waals surface area contributed by atoms with Crippen molar-refractivity contribution in [2.24, 2.45) is 0 Å². The molecule has 0 bridgehead atoms. The number of hydrogen-bond acceptors (Lipinski definition) is 3. The molecule has 3 nitrogen and oxygen atoms in total. The van der Waals surface area contributed by atoms with Gasteiger partial charge in [0.25, 0.3) is 0 Å². The van der Waals surface area contributed by atoms with Crippen LogP contribution in [0.5, 0.6) is 5.75 Å². The summed E-state index contributed by atoms with van der Waals surface area (Å²) in [5, 5.41) is 8.45. The molecule has 0 atom stereocenters. The number of halogens is 1. The molecule has 0 amide bonds. The van der Waals surface area contributed by atoms with Crippen molar-refractivity contribution in [3.63, 3.8) is 0 Å². The fourth-order valence-electron chi connectivity index (χ4n) is 1.67. The van der Waals surface area contributed by atoms with Gasteiger partial charge in [0, 0.05) is 18.5 Å². The van der Waals surface area contributed by atoms with Gasteiger partial charge >= 0.3 is 0 Å². The van der Waals surface area contributed by atoms with E-state index in [2.05, 4.69) is 11.0 Å². The Bertz CT molecular complexity index is 401. The normalized spacial score (nSPS) is 10.3. The van der Waals surface area contributed by atoms with Crippen LogP contribution in [0.15, 0.2) is 18.2 Å². The number of benzene rings is 1. The molecule has 0 aromatic heterocycles. The van der Waals surface area contributed by atoms with Crippen LogP contribution in [-0.4, -0.2) is 25.6 Å². The summed E-state index contributed by atoms with van der Waals surface area (Å²) in [7, 11) is 3.52. The number of nitrogens with zero attached hydrogens (tertiary/aromatic N) is 2.